The van der Waals surface area contributed by atoms with Crippen molar-refractivity contribution >= 4 is 11.3 Å². The molecule has 2 saturated heterocycles. The zero-order chi connectivity index (χ0) is 14.5. The Balaban J connectivity index is 1.73. The fraction of sp³-hybridized carbons (Fsp3) is 0.765. The van der Waals surface area contributed by atoms with Crippen LogP contribution in [0.2, 0.25) is 0 Å². The molecule has 2 aliphatic rings. The SMILES string of the molecule is Cc1ccsc1C(CN1CCCCCC1)N1CCNCC1. The van der Waals surface area contributed by atoms with E-state index in [1.807, 2.05) is 11.3 Å². The molecule has 2 aliphatic heterocycles. The fourth-order valence-electron chi connectivity index (χ4n) is 3.65. The minimum absolute atomic E-state index is 0.602. The van der Waals surface area contributed by atoms with E-state index in [9.17, 15) is 0 Å². The van der Waals surface area contributed by atoms with E-state index < -0.39 is 0 Å². The molecule has 1 aromatic rings. The van der Waals surface area contributed by atoms with Gasteiger partial charge in [-0.05, 0) is 49.9 Å². The predicted octanol–water partition coefficient (Wildman–Crippen LogP) is 2.88. The number of hydrogen-bond acceptors (Lipinski definition) is 4. The van der Waals surface area contributed by atoms with Gasteiger partial charge in [0.1, 0.15) is 0 Å². The summed E-state index contributed by atoms with van der Waals surface area (Å²) in [5.41, 5.74) is 1.48. The van der Waals surface area contributed by atoms with E-state index in [-0.39, 0.29) is 0 Å². The van der Waals surface area contributed by atoms with Crippen molar-refractivity contribution in [2.75, 3.05) is 45.8 Å². The van der Waals surface area contributed by atoms with Crippen LogP contribution in [0.25, 0.3) is 0 Å². The Morgan fingerprint density at radius 2 is 1.81 bits per heavy atom. The second kappa shape index (κ2) is 7.73. The summed E-state index contributed by atoms with van der Waals surface area (Å²) >= 11 is 1.96. The normalized spacial score (nSPS) is 23.9. The van der Waals surface area contributed by atoms with Crippen LogP contribution in [0.15, 0.2) is 11.4 Å². The Labute approximate surface area is 133 Å². The first kappa shape index (κ1) is 15.5. The lowest BCUT2D eigenvalue weighted by atomic mass is 10.1. The molecule has 0 bridgehead atoms. The van der Waals surface area contributed by atoms with Gasteiger partial charge in [-0.15, -0.1) is 11.3 Å². The van der Waals surface area contributed by atoms with Crippen LogP contribution >= 0.6 is 11.3 Å². The molecule has 0 amide bonds. The van der Waals surface area contributed by atoms with E-state index in [4.69, 9.17) is 0 Å². The van der Waals surface area contributed by atoms with Gasteiger partial charge in [0.2, 0.25) is 0 Å². The highest BCUT2D eigenvalue weighted by Crippen LogP contribution is 2.30. The Morgan fingerprint density at radius 3 is 2.43 bits per heavy atom. The van der Waals surface area contributed by atoms with Gasteiger partial charge in [-0.3, -0.25) is 4.90 Å². The molecule has 2 fully saturated rings. The Bertz CT molecular complexity index is 417. The lowest BCUT2D eigenvalue weighted by molar-refractivity contribution is 0.128. The Kier molecular flexibility index (Phi) is 5.69. The highest BCUT2D eigenvalue weighted by Gasteiger charge is 2.26. The molecule has 0 spiro atoms. The standard InChI is InChI=1S/C17H29N3S/c1-15-6-13-21-17(15)16(20-11-7-18-8-12-20)14-19-9-4-2-3-5-10-19/h6,13,16,18H,2-5,7-12,14H2,1H3. The van der Waals surface area contributed by atoms with E-state index in [2.05, 4.69) is 33.5 Å². The van der Waals surface area contributed by atoms with Crippen molar-refractivity contribution in [1.29, 1.82) is 0 Å². The molecule has 0 aromatic carbocycles. The van der Waals surface area contributed by atoms with E-state index in [0.717, 1.165) is 13.1 Å². The lowest BCUT2D eigenvalue weighted by Gasteiger charge is -2.37. The summed E-state index contributed by atoms with van der Waals surface area (Å²) in [6.45, 7) is 10.8. The zero-order valence-corrected chi connectivity index (χ0v) is 14.1. The number of nitrogens with zero attached hydrogens (tertiary/aromatic N) is 2. The summed E-state index contributed by atoms with van der Waals surface area (Å²) in [7, 11) is 0. The summed E-state index contributed by atoms with van der Waals surface area (Å²) in [4.78, 5) is 7.03. The van der Waals surface area contributed by atoms with Crippen LogP contribution in [0.1, 0.15) is 42.2 Å². The first-order chi connectivity index (χ1) is 10.3. The molecule has 1 unspecified atom stereocenters. The molecule has 3 nitrogen and oxygen atoms in total. The third-order valence-corrected chi connectivity index (χ3v) is 6.05. The minimum atomic E-state index is 0.602. The molecule has 1 atom stereocenters. The van der Waals surface area contributed by atoms with Crippen molar-refractivity contribution in [3.05, 3.63) is 21.9 Å². The maximum absolute atomic E-state index is 3.49. The van der Waals surface area contributed by atoms with E-state index in [1.54, 1.807) is 4.88 Å². The molecule has 0 saturated carbocycles. The summed E-state index contributed by atoms with van der Waals surface area (Å²) in [6, 6.07) is 2.89. The summed E-state index contributed by atoms with van der Waals surface area (Å²) < 4.78 is 0. The second-order valence-electron chi connectivity index (χ2n) is 6.48. The first-order valence-corrected chi connectivity index (χ1v) is 9.43. The highest BCUT2D eigenvalue weighted by atomic mass is 32.1. The molecule has 3 rings (SSSR count). The van der Waals surface area contributed by atoms with Gasteiger partial charge in [-0.25, -0.2) is 0 Å². The number of nitrogens with one attached hydrogen (secondary N) is 1. The van der Waals surface area contributed by atoms with Crippen molar-refractivity contribution in [3.8, 4) is 0 Å². The number of piperazine rings is 1. The monoisotopic (exact) mass is 307 g/mol. The van der Waals surface area contributed by atoms with Crippen molar-refractivity contribution in [3.63, 3.8) is 0 Å². The van der Waals surface area contributed by atoms with Crippen LogP contribution < -0.4 is 5.32 Å². The van der Waals surface area contributed by atoms with E-state index in [0.29, 0.717) is 6.04 Å². The van der Waals surface area contributed by atoms with Crippen molar-refractivity contribution < 1.29 is 0 Å². The van der Waals surface area contributed by atoms with Gasteiger partial charge in [0.25, 0.3) is 0 Å². The summed E-state index contributed by atoms with van der Waals surface area (Å²) in [6.07, 6.45) is 5.62. The molecular weight excluding hydrogens is 278 g/mol. The molecule has 118 valence electrons. The number of likely N-dealkylation sites (tertiary alicyclic amines) is 1. The van der Waals surface area contributed by atoms with Crippen molar-refractivity contribution in [1.82, 2.24) is 15.1 Å². The van der Waals surface area contributed by atoms with Gasteiger partial charge in [0.15, 0.2) is 0 Å². The molecule has 1 aromatic heterocycles. The average molecular weight is 308 g/mol. The zero-order valence-electron chi connectivity index (χ0n) is 13.3. The third-order valence-electron chi connectivity index (χ3n) is 4.93. The number of hydrogen-bond donors (Lipinski definition) is 1. The molecular formula is C17H29N3S. The van der Waals surface area contributed by atoms with Crippen LogP contribution in [0.4, 0.5) is 0 Å². The number of aryl methyl sites for hydroxylation is 1. The molecule has 1 N–H and O–H groups in total. The molecule has 3 heterocycles. The predicted molar refractivity (Wildman–Crippen MR) is 91.1 cm³/mol. The van der Waals surface area contributed by atoms with Crippen molar-refractivity contribution in [2.45, 2.75) is 38.6 Å². The van der Waals surface area contributed by atoms with E-state index in [1.165, 1.54) is 64.0 Å². The van der Waals surface area contributed by atoms with Gasteiger partial charge in [0.05, 0.1) is 6.04 Å². The summed E-state index contributed by atoms with van der Waals surface area (Å²) in [5, 5.41) is 5.76. The molecule has 0 radical (unpaired) electrons. The maximum Gasteiger partial charge on any atom is 0.0572 e. The largest absolute Gasteiger partial charge is 0.314 e. The Hall–Kier alpha value is -0.420. The maximum atomic E-state index is 3.49. The smallest absolute Gasteiger partial charge is 0.0572 e. The van der Waals surface area contributed by atoms with Crippen molar-refractivity contribution in [2.24, 2.45) is 0 Å². The average Bonchev–Trinajstić information content (AvgIpc) is 2.78. The van der Waals surface area contributed by atoms with Gasteiger partial charge in [-0.1, -0.05) is 12.8 Å². The van der Waals surface area contributed by atoms with E-state index >= 15 is 0 Å². The van der Waals surface area contributed by atoms with Crippen LogP contribution in [0.3, 0.4) is 0 Å². The minimum Gasteiger partial charge on any atom is -0.314 e. The molecule has 4 heteroatoms. The van der Waals surface area contributed by atoms with Gasteiger partial charge < -0.3 is 10.2 Å². The number of rotatable bonds is 4. The van der Waals surface area contributed by atoms with Crippen LogP contribution in [0, 0.1) is 6.92 Å². The third kappa shape index (κ3) is 4.07. The van der Waals surface area contributed by atoms with Gasteiger partial charge in [0, 0.05) is 37.6 Å². The highest BCUT2D eigenvalue weighted by molar-refractivity contribution is 7.10. The number of thiophene rings is 1. The van der Waals surface area contributed by atoms with Gasteiger partial charge in [-0.2, -0.15) is 0 Å². The molecule has 21 heavy (non-hydrogen) atoms. The fourth-order valence-corrected chi connectivity index (χ4v) is 4.70. The quantitative estimate of drug-likeness (QED) is 0.923. The van der Waals surface area contributed by atoms with Crippen LogP contribution in [0.5, 0.6) is 0 Å². The topological polar surface area (TPSA) is 18.5 Å². The van der Waals surface area contributed by atoms with Crippen LogP contribution in [-0.2, 0) is 0 Å². The first-order valence-electron chi connectivity index (χ1n) is 8.56. The Morgan fingerprint density at radius 1 is 1.10 bits per heavy atom. The van der Waals surface area contributed by atoms with Crippen LogP contribution in [-0.4, -0.2) is 55.6 Å². The molecule has 0 aliphatic carbocycles. The second-order valence-corrected chi connectivity index (χ2v) is 7.43. The summed E-state index contributed by atoms with van der Waals surface area (Å²) in [5.74, 6) is 0. The lowest BCUT2D eigenvalue weighted by Crippen LogP contribution is -2.48. The van der Waals surface area contributed by atoms with Gasteiger partial charge >= 0.3 is 0 Å².